The highest BCUT2D eigenvalue weighted by Crippen LogP contribution is 2.45. The van der Waals surface area contributed by atoms with Crippen LogP contribution in [0.1, 0.15) is 38.5 Å². The number of ether oxygens (including phenoxy) is 2. The number of nitrogens with zero attached hydrogens (tertiary/aromatic N) is 2. The first-order valence-corrected chi connectivity index (χ1v) is 10.7. The Hall–Kier alpha value is -2.23. The lowest BCUT2D eigenvalue weighted by Gasteiger charge is -2.43. The van der Waals surface area contributed by atoms with Crippen LogP contribution in [-0.4, -0.2) is 66.9 Å². The largest absolute Gasteiger partial charge is 0.375 e. The molecule has 0 bridgehead atoms. The number of thiophene rings is 1. The van der Waals surface area contributed by atoms with Gasteiger partial charge in [-0.2, -0.15) is 5.10 Å². The average molecular weight is 419 g/mol. The van der Waals surface area contributed by atoms with Crippen LogP contribution in [0.15, 0.2) is 18.5 Å². The second-order valence-electron chi connectivity index (χ2n) is 7.48. The summed E-state index contributed by atoms with van der Waals surface area (Å²) in [6.45, 7) is 2.62. The molecule has 0 atom stereocenters. The topological polar surface area (TPSA) is 96.5 Å². The smallest absolute Gasteiger partial charge is 0.261 e. The number of methoxy groups -OCH3 is 1. The Labute approximate surface area is 173 Å². The standard InChI is InChI=1S/C20H26N4O4S/c1-27-13-17(25)24-7-4-20(5-8-24)18-15(3-9-28-20)10-16(29-18)19(26)21-6-2-14-11-22-23-12-14/h10-12H,2-9,13H2,1H3,(H,21,26)(H,22,23). The van der Waals surface area contributed by atoms with Gasteiger partial charge in [-0.25, -0.2) is 0 Å². The molecule has 0 aromatic carbocycles. The first-order valence-electron chi connectivity index (χ1n) is 9.91. The van der Waals surface area contributed by atoms with Crippen LogP contribution >= 0.6 is 11.3 Å². The maximum Gasteiger partial charge on any atom is 0.261 e. The van der Waals surface area contributed by atoms with Gasteiger partial charge >= 0.3 is 0 Å². The number of aromatic amines is 1. The summed E-state index contributed by atoms with van der Waals surface area (Å²) in [6.07, 6.45) is 6.66. The van der Waals surface area contributed by atoms with E-state index < -0.39 is 0 Å². The van der Waals surface area contributed by atoms with Gasteiger partial charge in [-0.1, -0.05) is 0 Å². The van der Waals surface area contributed by atoms with E-state index in [1.165, 1.54) is 24.0 Å². The van der Waals surface area contributed by atoms with Gasteiger partial charge in [0.15, 0.2) is 0 Å². The fourth-order valence-electron chi connectivity index (χ4n) is 4.06. The highest BCUT2D eigenvalue weighted by atomic mass is 32.1. The zero-order valence-corrected chi connectivity index (χ0v) is 17.3. The molecule has 9 heteroatoms. The van der Waals surface area contributed by atoms with E-state index in [1.807, 2.05) is 17.2 Å². The Morgan fingerprint density at radius 2 is 2.24 bits per heavy atom. The first kappa shape index (κ1) is 20.1. The summed E-state index contributed by atoms with van der Waals surface area (Å²) < 4.78 is 11.2. The molecule has 0 aliphatic carbocycles. The summed E-state index contributed by atoms with van der Waals surface area (Å²) in [5.74, 6) is -0.0296. The van der Waals surface area contributed by atoms with Crippen LogP contribution in [-0.2, 0) is 32.7 Å². The monoisotopic (exact) mass is 418 g/mol. The Bertz CT molecular complexity index is 856. The van der Waals surface area contributed by atoms with Gasteiger partial charge in [0.1, 0.15) is 12.2 Å². The molecule has 2 aliphatic rings. The molecule has 0 saturated carbocycles. The number of nitrogens with one attached hydrogen (secondary N) is 2. The van der Waals surface area contributed by atoms with Crippen LogP contribution in [0.4, 0.5) is 0 Å². The van der Waals surface area contributed by atoms with Crippen molar-refractivity contribution in [1.82, 2.24) is 20.4 Å². The molecule has 0 radical (unpaired) electrons. The van der Waals surface area contributed by atoms with E-state index in [2.05, 4.69) is 15.5 Å². The molecule has 1 fully saturated rings. The van der Waals surface area contributed by atoms with Crippen molar-refractivity contribution in [2.24, 2.45) is 0 Å². The van der Waals surface area contributed by atoms with Crippen molar-refractivity contribution in [1.29, 1.82) is 0 Å². The number of hydrogen-bond acceptors (Lipinski definition) is 6. The van der Waals surface area contributed by atoms with Gasteiger partial charge in [-0.05, 0) is 42.9 Å². The summed E-state index contributed by atoms with van der Waals surface area (Å²) >= 11 is 1.53. The lowest BCUT2D eigenvalue weighted by Crippen LogP contribution is -2.48. The predicted molar refractivity (Wildman–Crippen MR) is 108 cm³/mol. The molecular weight excluding hydrogens is 392 g/mol. The van der Waals surface area contributed by atoms with E-state index in [4.69, 9.17) is 9.47 Å². The summed E-state index contributed by atoms with van der Waals surface area (Å²) in [4.78, 5) is 28.5. The lowest BCUT2D eigenvalue weighted by atomic mass is 9.85. The van der Waals surface area contributed by atoms with E-state index in [1.54, 1.807) is 6.20 Å². The molecule has 4 heterocycles. The Kier molecular flexibility index (Phi) is 5.98. The Balaban J connectivity index is 1.41. The average Bonchev–Trinajstić information content (AvgIpc) is 3.39. The minimum atomic E-state index is -0.378. The predicted octanol–water partition coefficient (Wildman–Crippen LogP) is 1.48. The highest BCUT2D eigenvalue weighted by molar-refractivity contribution is 7.14. The molecule has 2 aliphatic heterocycles. The van der Waals surface area contributed by atoms with Crippen molar-refractivity contribution in [3.8, 4) is 0 Å². The molecule has 2 aromatic heterocycles. The van der Waals surface area contributed by atoms with Gasteiger partial charge in [-0.3, -0.25) is 14.7 Å². The molecule has 4 rings (SSSR count). The SMILES string of the molecule is COCC(=O)N1CCC2(CC1)OCCc1cc(C(=O)NCCc3cn[nH]c3)sc12. The summed E-state index contributed by atoms with van der Waals surface area (Å²) in [5, 5.41) is 9.69. The van der Waals surface area contributed by atoms with E-state index in [0.717, 1.165) is 41.0 Å². The van der Waals surface area contributed by atoms with E-state index in [0.29, 0.717) is 26.2 Å². The minimum absolute atomic E-state index is 0.0160. The number of fused-ring (bicyclic) bond motifs is 2. The summed E-state index contributed by atoms with van der Waals surface area (Å²) in [6, 6.07) is 2.01. The van der Waals surface area contributed by atoms with Crippen LogP contribution in [0.25, 0.3) is 0 Å². The van der Waals surface area contributed by atoms with Crippen molar-refractivity contribution in [3.05, 3.63) is 39.3 Å². The Morgan fingerprint density at radius 3 is 2.97 bits per heavy atom. The van der Waals surface area contributed by atoms with Crippen LogP contribution < -0.4 is 5.32 Å². The zero-order valence-electron chi connectivity index (χ0n) is 16.5. The fourth-order valence-corrected chi connectivity index (χ4v) is 5.39. The van der Waals surface area contributed by atoms with Gasteiger partial charge in [0.25, 0.3) is 5.91 Å². The number of amides is 2. The van der Waals surface area contributed by atoms with Crippen molar-refractivity contribution < 1.29 is 19.1 Å². The maximum absolute atomic E-state index is 12.6. The first-order chi connectivity index (χ1) is 14.1. The molecule has 156 valence electrons. The van der Waals surface area contributed by atoms with Crippen LogP contribution in [0.5, 0.6) is 0 Å². The number of rotatable bonds is 6. The van der Waals surface area contributed by atoms with Gasteiger partial charge in [0, 0.05) is 37.8 Å². The third-order valence-corrected chi connectivity index (χ3v) is 7.00. The van der Waals surface area contributed by atoms with Gasteiger partial charge in [0.05, 0.1) is 17.7 Å². The third kappa shape index (κ3) is 4.22. The number of H-pyrrole nitrogens is 1. The minimum Gasteiger partial charge on any atom is -0.375 e. The number of carbonyl (C=O) groups is 2. The van der Waals surface area contributed by atoms with Gasteiger partial charge in [0.2, 0.25) is 5.91 Å². The molecule has 29 heavy (non-hydrogen) atoms. The van der Waals surface area contributed by atoms with Crippen molar-refractivity contribution in [3.63, 3.8) is 0 Å². The fraction of sp³-hybridized carbons (Fsp3) is 0.550. The van der Waals surface area contributed by atoms with E-state index in [-0.39, 0.29) is 24.0 Å². The van der Waals surface area contributed by atoms with Gasteiger partial charge in [-0.15, -0.1) is 11.3 Å². The van der Waals surface area contributed by atoms with E-state index in [9.17, 15) is 9.59 Å². The maximum atomic E-state index is 12.6. The molecule has 0 unspecified atom stereocenters. The molecular formula is C20H26N4O4S. The van der Waals surface area contributed by atoms with Crippen molar-refractivity contribution in [2.45, 2.75) is 31.3 Å². The quantitative estimate of drug-likeness (QED) is 0.741. The number of piperidine rings is 1. The zero-order chi connectivity index (χ0) is 20.3. The molecule has 1 saturated heterocycles. The van der Waals surface area contributed by atoms with Crippen LogP contribution in [0.3, 0.4) is 0 Å². The number of aromatic nitrogens is 2. The van der Waals surface area contributed by atoms with Crippen molar-refractivity contribution >= 4 is 23.2 Å². The normalized spacial score (nSPS) is 17.9. The molecule has 2 aromatic rings. The van der Waals surface area contributed by atoms with Crippen LogP contribution in [0.2, 0.25) is 0 Å². The second kappa shape index (κ2) is 8.64. The molecule has 2 N–H and O–H groups in total. The third-order valence-electron chi connectivity index (χ3n) is 5.64. The number of likely N-dealkylation sites (tertiary alicyclic amines) is 1. The van der Waals surface area contributed by atoms with Crippen LogP contribution in [0, 0.1) is 0 Å². The second-order valence-corrected chi connectivity index (χ2v) is 8.54. The van der Waals surface area contributed by atoms with Gasteiger partial charge < -0.3 is 19.7 Å². The molecule has 2 amide bonds. The Morgan fingerprint density at radius 1 is 1.41 bits per heavy atom. The van der Waals surface area contributed by atoms with Crippen molar-refractivity contribution in [2.75, 3.05) is 40.0 Å². The molecule has 1 spiro atoms. The van der Waals surface area contributed by atoms with E-state index >= 15 is 0 Å². The summed E-state index contributed by atoms with van der Waals surface area (Å²) in [7, 11) is 1.53. The number of hydrogen-bond donors (Lipinski definition) is 2. The lowest BCUT2D eigenvalue weighted by molar-refractivity contribution is -0.143. The summed E-state index contributed by atoms with van der Waals surface area (Å²) in [5.41, 5.74) is 1.90. The molecule has 8 nitrogen and oxygen atoms in total. The highest BCUT2D eigenvalue weighted by Gasteiger charge is 2.43. The number of carbonyl (C=O) groups excluding carboxylic acids is 2.